The van der Waals surface area contributed by atoms with Gasteiger partial charge in [0, 0.05) is 0 Å². The molecule has 0 fully saturated rings. The third-order valence-corrected chi connectivity index (χ3v) is 5.64. The van der Waals surface area contributed by atoms with Gasteiger partial charge in [-0.2, -0.15) is 0 Å². The third-order valence-electron chi connectivity index (χ3n) is 5.64. The van der Waals surface area contributed by atoms with Gasteiger partial charge in [-0.15, -0.1) is 0 Å². The molecular formula is C27H40O. The van der Waals surface area contributed by atoms with Crippen molar-refractivity contribution in [3.05, 3.63) is 53.1 Å². The number of aryl methyl sites for hydroxylation is 3. The van der Waals surface area contributed by atoms with Gasteiger partial charge < -0.3 is 4.74 Å². The monoisotopic (exact) mass is 380 g/mol. The summed E-state index contributed by atoms with van der Waals surface area (Å²) < 4.78 is 5.64. The van der Waals surface area contributed by atoms with E-state index in [2.05, 4.69) is 57.2 Å². The molecule has 2 aromatic carbocycles. The highest BCUT2D eigenvalue weighted by Crippen LogP contribution is 2.31. The van der Waals surface area contributed by atoms with Crippen molar-refractivity contribution in [3.8, 4) is 16.9 Å². The van der Waals surface area contributed by atoms with Crippen molar-refractivity contribution in [2.24, 2.45) is 0 Å². The van der Waals surface area contributed by atoms with Crippen LogP contribution < -0.4 is 4.74 Å². The smallest absolute Gasteiger partial charge is 0.119 e. The van der Waals surface area contributed by atoms with Crippen LogP contribution in [0.15, 0.2) is 36.4 Å². The Morgan fingerprint density at radius 3 is 1.86 bits per heavy atom. The van der Waals surface area contributed by atoms with E-state index in [1.54, 1.807) is 0 Å². The highest BCUT2D eigenvalue weighted by atomic mass is 16.5. The van der Waals surface area contributed by atoms with Crippen LogP contribution in [0.4, 0.5) is 0 Å². The van der Waals surface area contributed by atoms with E-state index in [-0.39, 0.29) is 0 Å². The third kappa shape index (κ3) is 7.00. The second kappa shape index (κ2) is 12.6. The number of hydrogen-bond acceptors (Lipinski definition) is 1. The molecule has 0 aromatic heterocycles. The lowest BCUT2D eigenvalue weighted by Gasteiger charge is -2.16. The quantitative estimate of drug-likeness (QED) is 0.317. The standard InChI is InChI=1S/C27H40O/c1-5-8-10-12-14-24-21-27(23-16-18-26(19-17-23)28-7-3)25(20-22(24)4)15-13-11-9-6-2/h16-21H,5-15H2,1-4H3. The number of ether oxygens (including phenoxy) is 1. The Hall–Kier alpha value is -1.76. The topological polar surface area (TPSA) is 9.23 Å². The summed E-state index contributed by atoms with van der Waals surface area (Å²) in [4.78, 5) is 0. The fourth-order valence-corrected chi connectivity index (χ4v) is 3.94. The zero-order valence-corrected chi connectivity index (χ0v) is 18.7. The van der Waals surface area contributed by atoms with Crippen LogP contribution in [0.5, 0.6) is 5.75 Å². The zero-order valence-electron chi connectivity index (χ0n) is 18.7. The lowest BCUT2D eigenvalue weighted by Crippen LogP contribution is -1.98. The Balaban J connectivity index is 2.25. The largest absolute Gasteiger partial charge is 0.494 e. The Bertz CT molecular complexity index is 684. The van der Waals surface area contributed by atoms with Crippen molar-refractivity contribution >= 4 is 0 Å². The molecule has 0 spiro atoms. The number of rotatable bonds is 13. The van der Waals surface area contributed by atoms with Crippen molar-refractivity contribution in [1.82, 2.24) is 0 Å². The summed E-state index contributed by atoms with van der Waals surface area (Å²) in [6.07, 6.45) is 12.9. The van der Waals surface area contributed by atoms with E-state index in [0.717, 1.165) is 5.75 Å². The van der Waals surface area contributed by atoms with Gasteiger partial charge in [0.15, 0.2) is 0 Å². The van der Waals surface area contributed by atoms with E-state index >= 15 is 0 Å². The van der Waals surface area contributed by atoms with Gasteiger partial charge in [-0.05, 0) is 79.5 Å². The molecule has 0 saturated heterocycles. The molecule has 0 heterocycles. The average Bonchev–Trinajstić information content (AvgIpc) is 2.71. The highest BCUT2D eigenvalue weighted by Gasteiger charge is 2.10. The van der Waals surface area contributed by atoms with E-state index < -0.39 is 0 Å². The summed E-state index contributed by atoms with van der Waals surface area (Å²) >= 11 is 0. The maximum absolute atomic E-state index is 5.64. The first-order valence-corrected chi connectivity index (χ1v) is 11.5. The van der Waals surface area contributed by atoms with Crippen molar-refractivity contribution < 1.29 is 4.74 Å². The van der Waals surface area contributed by atoms with Gasteiger partial charge in [0.2, 0.25) is 0 Å². The van der Waals surface area contributed by atoms with Crippen LogP contribution in [0, 0.1) is 6.92 Å². The lowest BCUT2D eigenvalue weighted by atomic mass is 9.89. The fourth-order valence-electron chi connectivity index (χ4n) is 3.94. The molecular weight excluding hydrogens is 340 g/mol. The summed E-state index contributed by atoms with van der Waals surface area (Å²) in [6, 6.07) is 13.6. The first-order chi connectivity index (χ1) is 13.7. The van der Waals surface area contributed by atoms with Gasteiger partial charge in [-0.3, -0.25) is 0 Å². The molecule has 0 aliphatic rings. The average molecular weight is 381 g/mol. The van der Waals surface area contributed by atoms with Gasteiger partial charge in [0.1, 0.15) is 5.75 Å². The summed E-state index contributed by atoms with van der Waals surface area (Å²) in [5.74, 6) is 0.961. The SMILES string of the molecule is CCCCCCc1cc(-c2ccc(OCC)cc2)c(CCCCCC)cc1C. The molecule has 2 aromatic rings. The van der Waals surface area contributed by atoms with Gasteiger partial charge >= 0.3 is 0 Å². The molecule has 0 atom stereocenters. The molecule has 0 saturated carbocycles. The van der Waals surface area contributed by atoms with Gasteiger partial charge in [-0.25, -0.2) is 0 Å². The summed E-state index contributed by atoms with van der Waals surface area (Å²) in [6.45, 7) is 9.61. The number of benzene rings is 2. The van der Waals surface area contributed by atoms with Crippen molar-refractivity contribution in [2.75, 3.05) is 6.61 Å². The Labute approximate surface area is 173 Å². The van der Waals surface area contributed by atoms with Crippen molar-refractivity contribution in [1.29, 1.82) is 0 Å². The first-order valence-electron chi connectivity index (χ1n) is 11.5. The Morgan fingerprint density at radius 2 is 1.29 bits per heavy atom. The minimum Gasteiger partial charge on any atom is -0.494 e. The molecule has 1 heteroatoms. The van der Waals surface area contributed by atoms with Crippen LogP contribution in [0.3, 0.4) is 0 Å². The second-order valence-electron chi connectivity index (χ2n) is 8.01. The molecule has 0 amide bonds. The van der Waals surface area contributed by atoms with E-state index in [9.17, 15) is 0 Å². The molecule has 154 valence electrons. The predicted octanol–water partition coefficient (Wildman–Crippen LogP) is 8.31. The van der Waals surface area contributed by atoms with Crippen molar-refractivity contribution in [2.45, 2.75) is 91.9 Å². The lowest BCUT2D eigenvalue weighted by molar-refractivity contribution is 0.340. The summed E-state index contributed by atoms with van der Waals surface area (Å²) in [5, 5.41) is 0. The predicted molar refractivity (Wildman–Crippen MR) is 123 cm³/mol. The van der Waals surface area contributed by atoms with Gasteiger partial charge in [0.05, 0.1) is 6.61 Å². The van der Waals surface area contributed by atoms with Crippen LogP contribution in [0.2, 0.25) is 0 Å². The second-order valence-corrected chi connectivity index (χ2v) is 8.01. The maximum Gasteiger partial charge on any atom is 0.119 e. The minimum absolute atomic E-state index is 0.717. The molecule has 28 heavy (non-hydrogen) atoms. The normalized spacial score (nSPS) is 11.0. The molecule has 0 aliphatic heterocycles. The fraction of sp³-hybridized carbons (Fsp3) is 0.556. The van der Waals surface area contributed by atoms with Crippen LogP contribution in [-0.4, -0.2) is 6.61 Å². The maximum atomic E-state index is 5.64. The molecule has 0 N–H and O–H groups in total. The number of unbranched alkanes of at least 4 members (excludes halogenated alkanes) is 6. The Kier molecular flexibility index (Phi) is 10.2. The molecule has 0 unspecified atom stereocenters. The molecule has 1 nitrogen and oxygen atoms in total. The van der Waals surface area contributed by atoms with E-state index in [0.29, 0.717) is 6.61 Å². The molecule has 2 rings (SSSR count). The molecule has 0 bridgehead atoms. The minimum atomic E-state index is 0.717. The number of hydrogen-bond donors (Lipinski definition) is 0. The summed E-state index contributed by atoms with van der Waals surface area (Å²) in [5.41, 5.74) is 7.25. The van der Waals surface area contributed by atoms with E-state index in [4.69, 9.17) is 4.74 Å². The zero-order chi connectivity index (χ0) is 20.2. The van der Waals surface area contributed by atoms with Crippen LogP contribution in [0.25, 0.3) is 11.1 Å². The van der Waals surface area contributed by atoms with Crippen LogP contribution in [0.1, 0.15) is 88.8 Å². The Morgan fingerprint density at radius 1 is 0.679 bits per heavy atom. The van der Waals surface area contributed by atoms with Gasteiger partial charge in [-0.1, -0.05) is 76.6 Å². The van der Waals surface area contributed by atoms with E-state index in [1.807, 2.05) is 6.92 Å². The first kappa shape index (κ1) is 22.5. The molecule has 0 radical (unpaired) electrons. The van der Waals surface area contributed by atoms with Gasteiger partial charge in [0.25, 0.3) is 0 Å². The van der Waals surface area contributed by atoms with Crippen LogP contribution >= 0.6 is 0 Å². The van der Waals surface area contributed by atoms with Crippen molar-refractivity contribution in [3.63, 3.8) is 0 Å². The summed E-state index contributed by atoms with van der Waals surface area (Å²) in [7, 11) is 0. The highest BCUT2D eigenvalue weighted by molar-refractivity contribution is 5.69. The van der Waals surface area contributed by atoms with Crippen LogP contribution in [-0.2, 0) is 12.8 Å². The molecule has 0 aliphatic carbocycles. The van der Waals surface area contributed by atoms with E-state index in [1.165, 1.54) is 92.0 Å².